The van der Waals surface area contributed by atoms with Crippen LogP contribution in [0.25, 0.3) is 0 Å². The molecule has 0 amide bonds. The van der Waals surface area contributed by atoms with Crippen molar-refractivity contribution in [1.82, 2.24) is 30.4 Å². The zero-order valence-corrected chi connectivity index (χ0v) is 11.4. The summed E-state index contributed by atoms with van der Waals surface area (Å²) >= 11 is 0. The molecule has 98 valence electrons. The van der Waals surface area contributed by atoms with Crippen LogP contribution in [0.1, 0.15) is 46.4 Å². The smallest absolute Gasteiger partial charge is 0.180 e. The fourth-order valence-corrected chi connectivity index (χ4v) is 1.92. The van der Waals surface area contributed by atoms with Crippen molar-refractivity contribution >= 4 is 0 Å². The van der Waals surface area contributed by atoms with Crippen LogP contribution in [-0.4, -0.2) is 30.4 Å². The molecule has 0 spiro atoms. The molecule has 0 aliphatic heterocycles. The van der Waals surface area contributed by atoms with E-state index in [1.165, 1.54) is 0 Å². The van der Waals surface area contributed by atoms with Crippen LogP contribution in [0.5, 0.6) is 0 Å². The molecule has 0 bridgehead atoms. The molecule has 0 unspecified atom stereocenters. The van der Waals surface area contributed by atoms with Gasteiger partial charge in [0.2, 0.25) is 0 Å². The van der Waals surface area contributed by atoms with Crippen molar-refractivity contribution in [3.05, 3.63) is 24.3 Å². The van der Waals surface area contributed by atoms with Gasteiger partial charge in [-0.3, -0.25) is 4.68 Å². The minimum Gasteiger partial charge on any atom is -0.267 e. The molecular weight excluding hydrogens is 228 g/mol. The maximum Gasteiger partial charge on any atom is 0.180 e. The zero-order chi connectivity index (χ0) is 13.2. The van der Waals surface area contributed by atoms with E-state index in [9.17, 15) is 0 Å². The highest BCUT2D eigenvalue weighted by atomic mass is 15.5. The summed E-state index contributed by atoms with van der Waals surface area (Å²) in [5.74, 6) is 0.763. The summed E-state index contributed by atoms with van der Waals surface area (Å²) in [6, 6.07) is 1.95. The van der Waals surface area contributed by atoms with Crippen LogP contribution in [0.4, 0.5) is 0 Å². The predicted molar refractivity (Wildman–Crippen MR) is 68.0 cm³/mol. The molecule has 0 radical (unpaired) electrons. The van der Waals surface area contributed by atoms with E-state index in [4.69, 9.17) is 0 Å². The van der Waals surface area contributed by atoms with Gasteiger partial charge in [0.25, 0.3) is 0 Å². The quantitative estimate of drug-likeness (QED) is 0.877. The second-order valence-electron chi connectivity index (χ2n) is 5.88. The fraction of sp³-hybridized carbons (Fsp3) is 0.667. The number of tetrazole rings is 1. The summed E-state index contributed by atoms with van der Waals surface area (Å²) in [4.78, 5) is 0. The molecule has 6 nitrogen and oxygen atoms in total. The number of rotatable bonds is 5. The molecule has 0 saturated carbocycles. The minimum absolute atomic E-state index is 0.00942. The molecule has 2 rings (SSSR count). The normalized spacial score (nSPS) is 12.9. The number of nitrogens with one attached hydrogen (secondary N) is 1. The van der Waals surface area contributed by atoms with E-state index in [0.29, 0.717) is 0 Å². The van der Waals surface area contributed by atoms with Crippen LogP contribution in [0.15, 0.2) is 18.5 Å². The zero-order valence-electron chi connectivity index (χ0n) is 11.4. The van der Waals surface area contributed by atoms with Gasteiger partial charge in [0, 0.05) is 17.8 Å². The number of H-pyrrole nitrogens is 1. The second kappa shape index (κ2) is 4.51. The first-order valence-electron chi connectivity index (χ1n) is 6.16. The van der Waals surface area contributed by atoms with E-state index < -0.39 is 0 Å². The lowest BCUT2D eigenvalue weighted by atomic mass is 9.82. The van der Waals surface area contributed by atoms with E-state index in [-0.39, 0.29) is 11.0 Å². The van der Waals surface area contributed by atoms with Crippen LogP contribution in [-0.2, 0) is 11.0 Å². The van der Waals surface area contributed by atoms with Crippen molar-refractivity contribution < 1.29 is 0 Å². The van der Waals surface area contributed by atoms with E-state index in [1.54, 1.807) is 0 Å². The van der Waals surface area contributed by atoms with Gasteiger partial charge in [-0.15, -0.1) is 10.2 Å². The van der Waals surface area contributed by atoms with E-state index in [1.807, 2.05) is 23.1 Å². The molecule has 0 aliphatic rings. The maximum atomic E-state index is 4.32. The lowest BCUT2D eigenvalue weighted by molar-refractivity contribution is 0.257. The molecule has 1 N–H and O–H groups in total. The molecule has 6 heteroatoms. The molecule has 0 aromatic carbocycles. The summed E-state index contributed by atoms with van der Waals surface area (Å²) in [6.45, 7) is 8.65. The first-order chi connectivity index (χ1) is 8.42. The first-order valence-corrected chi connectivity index (χ1v) is 6.16. The van der Waals surface area contributed by atoms with Gasteiger partial charge >= 0.3 is 0 Å². The van der Waals surface area contributed by atoms with Gasteiger partial charge in [-0.2, -0.15) is 10.3 Å². The number of aromatic nitrogens is 6. The van der Waals surface area contributed by atoms with Gasteiger partial charge in [0.1, 0.15) is 0 Å². The monoisotopic (exact) mass is 248 g/mol. The van der Waals surface area contributed by atoms with Crippen LogP contribution in [0.2, 0.25) is 0 Å². The molecule has 2 aromatic heterocycles. The van der Waals surface area contributed by atoms with Crippen molar-refractivity contribution in [3.63, 3.8) is 0 Å². The second-order valence-corrected chi connectivity index (χ2v) is 5.88. The van der Waals surface area contributed by atoms with Crippen molar-refractivity contribution in [3.8, 4) is 0 Å². The van der Waals surface area contributed by atoms with Gasteiger partial charge in [-0.1, -0.05) is 19.1 Å². The molecular formula is C12H20N6. The van der Waals surface area contributed by atoms with E-state index in [2.05, 4.69) is 53.4 Å². The summed E-state index contributed by atoms with van der Waals surface area (Å²) < 4.78 is 2.00. The SMILES string of the molecule is CC(C)(CCC(C)(C)n1cccn1)c1nn[nH]n1. The minimum atomic E-state index is -0.0859. The maximum absolute atomic E-state index is 4.32. The van der Waals surface area contributed by atoms with Gasteiger partial charge in [0.15, 0.2) is 5.82 Å². The number of hydrogen-bond donors (Lipinski definition) is 1. The van der Waals surface area contributed by atoms with Crippen LogP contribution in [0.3, 0.4) is 0 Å². The molecule has 2 heterocycles. The Labute approximate surface area is 107 Å². The fourth-order valence-electron chi connectivity index (χ4n) is 1.92. The first kappa shape index (κ1) is 12.7. The average Bonchev–Trinajstić information content (AvgIpc) is 2.99. The largest absolute Gasteiger partial charge is 0.267 e. The Morgan fingerprint density at radius 1 is 1.22 bits per heavy atom. The molecule has 0 fully saturated rings. The van der Waals surface area contributed by atoms with Crippen molar-refractivity contribution in [2.24, 2.45) is 0 Å². The van der Waals surface area contributed by atoms with Crippen LogP contribution in [0, 0.1) is 0 Å². The highest BCUT2D eigenvalue weighted by Crippen LogP contribution is 2.30. The summed E-state index contributed by atoms with van der Waals surface area (Å²) in [5.41, 5.74) is -0.0953. The van der Waals surface area contributed by atoms with Crippen molar-refractivity contribution in [2.75, 3.05) is 0 Å². The third-order valence-electron chi connectivity index (χ3n) is 3.44. The van der Waals surface area contributed by atoms with E-state index >= 15 is 0 Å². The molecule has 2 aromatic rings. The molecule has 0 saturated heterocycles. The number of hydrogen-bond acceptors (Lipinski definition) is 4. The summed E-state index contributed by atoms with van der Waals surface area (Å²) in [7, 11) is 0. The van der Waals surface area contributed by atoms with Gasteiger partial charge in [0.05, 0.1) is 5.54 Å². The van der Waals surface area contributed by atoms with Crippen molar-refractivity contribution in [2.45, 2.75) is 51.5 Å². The molecule has 18 heavy (non-hydrogen) atoms. The lowest BCUT2D eigenvalue weighted by Gasteiger charge is -2.29. The van der Waals surface area contributed by atoms with Crippen LogP contribution >= 0.6 is 0 Å². The van der Waals surface area contributed by atoms with Gasteiger partial charge < -0.3 is 0 Å². The Bertz CT molecular complexity index is 422. The van der Waals surface area contributed by atoms with E-state index in [0.717, 1.165) is 18.7 Å². The summed E-state index contributed by atoms with van der Waals surface area (Å²) in [6.07, 6.45) is 5.78. The van der Waals surface area contributed by atoms with Crippen LogP contribution < -0.4 is 0 Å². The highest BCUT2D eigenvalue weighted by molar-refractivity contribution is 5.00. The Hall–Kier alpha value is -1.72. The highest BCUT2D eigenvalue weighted by Gasteiger charge is 2.29. The Balaban J connectivity index is 2.03. The Morgan fingerprint density at radius 3 is 2.56 bits per heavy atom. The van der Waals surface area contributed by atoms with Gasteiger partial charge in [-0.25, -0.2) is 0 Å². The summed E-state index contributed by atoms with van der Waals surface area (Å²) in [5, 5.41) is 18.6. The lowest BCUT2D eigenvalue weighted by Crippen LogP contribution is -2.30. The molecule has 0 atom stereocenters. The number of nitrogens with zero attached hydrogens (tertiary/aromatic N) is 5. The molecule has 0 aliphatic carbocycles. The Kier molecular flexibility index (Phi) is 3.19. The topological polar surface area (TPSA) is 72.3 Å². The third kappa shape index (κ3) is 2.57. The van der Waals surface area contributed by atoms with Gasteiger partial charge in [-0.05, 0) is 32.8 Å². The predicted octanol–water partition coefficient (Wildman–Crippen LogP) is 1.89. The van der Waals surface area contributed by atoms with Crippen molar-refractivity contribution in [1.29, 1.82) is 0 Å². The number of aromatic amines is 1. The average molecular weight is 248 g/mol. The third-order valence-corrected chi connectivity index (χ3v) is 3.44. The Morgan fingerprint density at radius 2 is 2.00 bits per heavy atom. The standard InChI is InChI=1S/C12H20N6/c1-11(2,10-14-16-17-15-10)6-7-12(3,4)18-9-5-8-13-18/h5,8-9H,6-7H2,1-4H3,(H,14,15,16,17).